The monoisotopic (exact) mass is 346 g/mol. The highest BCUT2D eigenvalue weighted by molar-refractivity contribution is 5.94. The maximum absolute atomic E-state index is 12.4. The van der Waals surface area contributed by atoms with E-state index in [9.17, 15) is 15.0 Å². The van der Waals surface area contributed by atoms with Gasteiger partial charge in [-0.15, -0.1) is 0 Å². The Hall–Kier alpha value is -1.59. The highest BCUT2D eigenvalue weighted by Gasteiger charge is 2.32. The van der Waals surface area contributed by atoms with E-state index in [0.717, 1.165) is 63.7 Å². The van der Waals surface area contributed by atoms with Gasteiger partial charge < -0.3 is 20.4 Å². The van der Waals surface area contributed by atoms with Gasteiger partial charge in [0, 0.05) is 31.2 Å². The molecule has 2 aliphatic rings. The van der Waals surface area contributed by atoms with Crippen molar-refractivity contribution >= 4 is 5.91 Å². The Kier molecular flexibility index (Phi) is 5.64. The normalized spacial score (nSPS) is 21.8. The Balaban J connectivity index is 1.47. The molecule has 25 heavy (non-hydrogen) atoms. The molecule has 3 rings (SSSR count). The fourth-order valence-corrected chi connectivity index (χ4v) is 4.04. The molecule has 1 heterocycles. The molecule has 0 bridgehead atoms. The second-order valence-corrected chi connectivity index (χ2v) is 7.81. The lowest BCUT2D eigenvalue weighted by Gasteiger charge is -2.40. The maximum Gasteiger partial charge on any atom is 0.251 e. The summed E-state index contributed by atoms with van der Waals surface area (Å²) in [7, 11) is 0. The van der Waals surface area contributed by atoms with E-state index in [1.54, 1.807) is 12.1 Å². The molecule has 1 aromatic rings. The first-order chi connectivity index (χ1) is 12.0. The van der Waals surface area contributed by atoms with Crippen molar-refractivity contribution < 1.29 is 15.0 Å². The van der Waals surface area contributed by atoms with Gasteiger partial charge in [0.05, 0.1) is 5.60 Å². The second-order valence-electron chi connectivity index (χ2n) is 7.81. The van der Waals surface area contributed by atoms with Crippen LogP contribution in [0.3, 0.4) is 0 Å². The molecule has 1 aliphatic carbocycles. The topological polar surface area (TPSA) is 72.8 Å². The van der Waals surface area contributed by atoms with E-state index in [0.29, 0.717) is 5.56 Å². The van der Waals surface area contributed by atoms with E-state index >= 15 is 0 Å². The Morgan fingerprint density at radius 1 is 1.24 bits per heavy atom. The van der Waals surface area contributed by atoms with Gasteiger partial charge in [0.25, 0.3) is 5.91 Å². The van der Waals surface area contributed by atoms with Crippen LogP contribution in [0.2, 0.25) is 0 Å². The number of benzene rings is 1. The van der Waals surface area contributed by atoms with E-state index in [1.807, 2.05) is 6.92 Å². The van der Waals surface area contributed by atoms with E-state index in [1.165, 1.54) is 12.5 Å². The van der Waals surface area contributed by atoms with Crippen LogP contribution in [0.4, 0.5) is 0 Å². The zero-order chi connectivity index (χ0) is 17.9. The van der Waals surface area contributed by atoms with Crippen LogP contribution in [0.5, 0.6) is 5.75 Å². The Bertz CT molecular complexity index is 603. The van der Waals surface area contributed by atoms with Gasteiger partial charge >= 0.3 is 0 Å². The lowest BCUT2D eigenvalue weighted by Crippen LogP contribution is -2.50. The van der Waals surface area contributed by atoms with Gasteiger partial charge in [-0.1, -0.05) is 25.3 Å². The average Bonchev–Trinajstić information content (AvgIpc) is 2.59. The van der Waals surface area contributed by atoms with E-state index in [2.05, 4.69) is 10.2 Å². The average molecular weight is 346 g/mol. The number of phenols is 1. The minimum atomic E-state index is -0.506. The summed E-state index contributed by atoms with van der Waals surface area (Å²) in [5.74, 6) is 0.0304. The number of aryl methyl sites for hydroxylation is 1. The minimum absolute atomic E-state index is 0.125. The molecule has 138 valence electrons. The van der Waals surface area contributed by atoms with Crippen LogP contribution in [0.25, 0.3) is 0 Å². The van der Waals surface area contributed by atoms with Crippen molar-refractivity contribution in [2.24, 2.45) is 0 Å². The molecule has 1 saturated carbocycles. The SMILES string of the molecule is Cc1ccc(C(=O)NC2CCN(CC3(O)CCCCC3)CC2)cc1O. The quantitative estimate of drug-likeness (QED) is 0.783. The van der Waals surface area contributed by atoms with Crippen LogP contribution in [-0.4, -0.2) is 52.3 Å². The van der Waals surface area contributed by atoms with Crippen LogP contribution in [-0.2, 0) is 0 Å². The number of nitrogens with one attached hydrogen (secondary N) is 1. The van der Waals surface area contributed by atoms with Crippen molar-refractivity contribution in [3.8, 4) is 5.75 Å². The second kappa shape index (κ2) is 7.75. The third-order valence-corrected chi connectivity index (χ3v) is 5.70. The molecule has 0 spiro atoms. The number of carbonyl (C=O) groups is 1. The zero-order valence-corrected chi connectivity index (χ0v) is 15.1. The molecule has 0 aromatic heterocycles. The maximum atomic E-state index is 12.4. The van der Waals surface area contributed by atoms with Crippen molar-refractivity contribution in [3.63, 3.8) is 0 Å². The van der Waals surface area contributed by atoms with Crippen molar-refractivity contribution in [2.45, 2.75) is 63.5 Å². The Morgan fingerprint density at radius 2 is 1.92 bits per heavy atom. The Labute approximate surface area is 150 Å². The summed E-state index contributed by atoms with van der Waals surface area (Å²) in [5.41, 5.74) is 0.765. The molecule has 1 aromatic carbocycles. The summed E-state index contributed by atoms with van der Waals surface area (Å²) in [4.78, 5) is 14.7. The molecule has 0 radical (unpaired) electrons. The number of hydrogen-bond acceptors (Lipinski definition) is 4. The van der Waals surface area contributed by atoms with Gasteiger partial charge in [-0.05, 0) is 50.3 Å². The number of likely N-dealkylation sites (tertiary alicyclic amines) is 1. The fourth-order valence-electron chi connectivity index (χ4n) is 4.04. The molecule has 2 fully saturated rings. The minimum Gasteiger partial charge on any atom is -0.508 e. The molecule has 5 heteroatoms. The summed E-state index contributed by atoms with van der Waals surface area (Å²) in [6, 6.07) is 5.20. The number of aliphatic hydroxyl groups is 1. The molecule has 1 amide bonds. The molecule has 0 unspecified atom stereocenters. The van der Waals surface area contributed by atoms with E-state index in [4.69, 9.17) is 0 Å². The molecule has 3 N–H and O–H groups in total. The van der Waals surface area contributed by atoms with Gasteiger partial charge in [0.1, 0.15) is 5.75 Å². The van der Waals surface area contributed by atoms with Crippen molar-refractivity contribution in [1.82, 2.24) is 10.2 Å². The fraction of sp³-hybridized carbons (Fsp3) is 0.650. The third kappa shape index (κ3) is 4.73. The van der Waals surface area contributed by atoms with Crippen LogP contribution in [0.1, 0.15) is 60.9 Å². The summed E-state index contributed by atoms with van der Waals surface area (Å²) >= 11 is 0. The van der Waals surface area contributed by atoms with Crippen molar-refractivity contribution in [3.05, 3.63) is 29.3 Å². The lowest BCUT2D eigenvalue weighted by atomic mass is 9.84. The molecule has 0 atom stereocenters. The number of hydrogen-bond donors (Lipinski definition) is 3. The summed E-state index contributed by atoms with van der Waals surface area (Å²) in [6.45, 7) is 4.39. The van der Waals surface area contributed by atoms with Gasteiger partial charge in [-0.2, -0.15) is 0 Å². The first-order valence-electron chi connectivity index (χ1n) is 9.50. The van der Waals surface area contributed by atoms with E-state index in [-0.39, 0.29) is 17.7 Å². The number of carbonyl (C=O) groups excluding carboxylic acids is 1. The van der Waals surface area contributed by atoms with Crippen LogP contribution < -0.4 is 5.32 Å². The van der Waals surface area contributed by atoms with Crippen molar-refractivity contribution in [2.75, 3.05) is 19.6 Å². The van der Waals surface area contributed by atoms with Crippen LogP contribution in [0, 0.1) is 6.92 Å². The number of piperidine rings is 1. The highest BCUT2D eigenvalue weighted by atomic mass is 16.3. The van der Waals surface area contributed by atoms with Crippen LogP contribution in [0.15, 0.2) is 18.2 Å². The molecule has 5 nitrogen and oxygen atoms in total. The van der Waals surface area contributed by atoms with Crippen molar-refractivity contribution in [1.29, 1.82) is 0 Å². The number of β-amino-alcohol motifs (C(OH)–C–C–N with tert-alkyl or cyclic N) is 1. The van der Waals surface area contributed by atoms with Gasteiger partial charge in [0.2, 0.25) is 0 Å². The largest absolute Gasteiger partial charge is 0.508 e. The summed E-state index contributed by atoms with van der Waals surface area (Å²) in [6.07, 6.45) is 7.14. The lowest BCUT2D eigenvalue weighted by molar-refractivity contribution is -0.0312. The predicted molar refractivity (Wildman–Crippen MR) is 97.8 cm³/mol. The number of rotatable bonds is 4. The zero-order valence-electron chi connectivity index (χ0n) is 15.1. The van der Waals surface area contributed by atoms with Gasteiger partial charge in [-0.3, -0.25) is 4.79 Å². The third-order valence-electron chi connectivity index (χ3n) is 5.70. The molecule has 1 aliphatic heterocycles. The molecule has 1 saturated heterocycles. The number of amides is 1. The smallest absolute Gasteiger partial charge is 0.251 e. The van der Waals surface area contributed by atoms with Gasteiger partial charge in [-0.25, -0.2) is 0 Å². The number of phenolic OH excluding ortho intramolecular Hbond substituents is 1. The predicted octanol–water partition coefficient (Wildman–Crippen LogP) is 2.59. The number of nitrogens with zero attached hydrogens (tertiary/aromatic N) is 1. The molecular formula is C20H30N2O3. The standard InChI is InChI=1S/C20H30N2O3/c1-15-5-6-16(13-18(15)23)19(24)21-17-7-11-22(12-8-17)14-20(25)9-3-2-4-10-20/h5-6,13,17,23,25H,2-4,7-12,14H2,1H3,(H,21,24). The van der Waals surface area contributed by atoms with E-state index < -0.39 is 5.60 Å². The molecular weight excluding hydrogens is 316 g/mol. The van der Waals surface area contributed by atoms with Crippen LogP contribution >= 0.6 is 0 Å². The first-order valence-corrected chi connectivity index (χ1v) is 9.50. The summed E-state index contributed by atoms with van der Waals surface area (Å²) in [5, 5.41) is 23.5. The first kappa shape index (κ1) is 18.2. The summed E-state index contributed by atoms with van der Waals surface area (Å²) < 4.78 is 0. The highest BCUT2D eigenvalue weighted by Crippen LogP contribution is 2.29. The number of aromatic hydroxyl groups is 1. The Morgan fingerprint density at radius 3 is 2.56 bits per heavy atom. The van der Waals surface area contributed by atoms with Gasteiger partial charge in [0.15, 0.2) is 0 Å².